The number of hydrogen-bond acceptors (Lipinski definition) is 60. The van der Waals surface area contributed by atoms with E-state index < -0.39 is 268 Å². The number of nitrogens with one attached hydrogen (secondary N) is 3. The summed E-state index contributed by atoms with van der Waals surface area (Å²) in [5, 5.41) is 11.7. The van der Waals surface area contributed by atoms with Crippen molar-refractivity contribution in [1.29, 1.82) is 0 Å². The number of nitrogens with zero attached hydrogens (tertiary/aromatic N) is 19. The minimum atomic E-state index is -5.15. The zero-order valence-electron chi connectivity index (χ0n) is 76.0. The molecule has 0 spiro atoms. The van der Waals surface area contributed by atoms with Gasteiger partial charge in [0, 0.05) is 80.9 Å². The molecular formula is C70H84N28O35P7S7-7. The number of ether oxygens (including phenoxy) is 7. The number of rotatable bonds is 39. The lowest BCUT2D eigenvalue weighted by molar-refractivity contribution is -0.244. The van der Waals surface area contributed by atoms with E-state index in [0.29, 0.717) is 11.1 Å². The molecule has 7 aliphatic rings. The molecule has 0 bridgehead atoms. The summed E-state index contributed by atoms with van der Waals surface area (Å²) >= 11 is 38.0. The summed E-state index contributed by atoms with van der Waals surface area (Å²) in [6.07, 6.45) is -24.0. The molecule has 11 aromatic heterocycles. The summed E-state index contributed by atoms with van der Waals surface area (Å²) < 4.78 is 148. The lowest BCUT2D eigenvalue weighted by Gasteiger charge is -2.37. The van der Waals surface area contributed by atoms with E-state index in [9.17, 15) is 58.0 Å². The average molecular weight is 2320 g/mol. The van der Waals surface area contributed by atoms with Crippen LogP contribution in [0.15, 0.2) is 85.3 Å². The minimum Gasteiger partial charge on any atom is -0.780 e. The smallest absolute Gasteiger partial charge is 0.351 e. The Kier molecular flexibility index (Phi) is 32.0. The number of aromatic nitrogens is 22. The average Bonchev–Trinajstić information content (AvgIpc) is 1.61. The third kappa shape index (κ3) is 24.3. The van der Waals surface area contributed by atoms with Crippen molar-refractivity contribution < 1.29 is 136 Å². The second kappa shape index (κ2) is 43.0. The first-order chi connectivity index (χ1) is 69.3. The molecule has 77 heteroatoms. The maximum atomic E-state index is 15.1. The van der Waals surface area contributed by atoms with Gasteiger partial charge in [0.05, 0.1) is 101 Å². The number of fused-ring (bicyclic) bond motifs is 4. The Hall–Kier alpha value is -7.60. The Labute approximate surface area is 858 Å². The molecule has 63 nitrogen and oxygen atoms in total. The van der Waals surface area contributed by atoms with Crippen molar-refractivity contribution in [2.45, 2.75) is 202 Å². The van der Waals surface area contributed by atoms with E-state index >= 15 is 9.79 Å². The van der Waals surface area contributed by atoms with Crippen molar-refractivity contribution in [3.05, 3.63) is 136 Å². The molecule has 0 aromatic carbocycles. The molecule has 29 atom stereocenters. The molecule has 7 aliphatic heterocycles. The van der Waals surface area contributed by atoms with Crippen LogP contribution in [0.4, 0.5) is 35.2 Å². The van der Waals surface area contributed by atoms with Gasteiger partial charge in [-0.25, -0.2) is 54.3 Å². The second-order valence-corrected chi connectivity index (χ2v) is 52.8. The van der Waals surface area contributed by atoms with Crippen molar-refractivity contribution >= 4 is 210 Å². The van der Waals surface area contributed by atoms with Crippen LogP contribution in [0.5, 0.6) is 0 Å². The topological polar surface area (TPSA) is 865 Å². The van der Waals surface area contributed by atoms with Gasteiger partial charge in [-0.2, -0.15) is 19.9 Å². The van der Waals surface area contributed by atoms with Gasteiger partial charge in [0.1, 0.15) is 156 Å². The second-order valence-electron chi connectivity index (χ2n) is 33.8. The third-order valence-electron chi connectivity index (χ3n) is 24.0. The lowest BCUT2D eigenvalue weighted by Crippen LogP contribution is -2.37. The summed E-state index contributed by atoms with van der Waals surface area (Å²) in [4.78, 5) is 222. The number of aliphatic hydroxyl groups excluding tert-OH is 1. The molecule has 7 saturated heterocycles. The monoisotopic (exact) mass is 2320 g/mol. The number of H-pyrrole nitrogens is 3. The summed E-state index contributed by atoms with van der Waals surface area (Å²) in [6, 6.07) is 0. The van der Waals surface area contributed by atoms with E-state index in [1.54, 1.807) is 13.8 Å². The highest BCUT2D eigenvalue weighted by molar-refractivity contribution is 8.32. The van der Waals surface area contributed by atoms with Gasteiger partial charge in [0.2, 0.25) is 11.9 Å². The fourth-order valence-corrected chi connectivity index (χ4v) is 26.8. The van der Waals surface area contributed by atoms with Crippen LogP contribution in [-0.2, 0) is 184 Å². The van der Waals surface area contributed by atoms with Crippen LogP contribution >= 0.6 is 47.1 Å². The first kappa shape index (κ1) is 109. The minimum absolute atomic E-state index is 0.00301. The Morgan fingerprint density at radius 1 is 0.401 bits per heavy atom. The predicted octanol–water partition coefficient (Wildman–Crippen LogP) is -4.02. The predicted molar refractivity (Wildman–Crippen MR) is 515 cm³/mol. The molecular weight excluding hydrogens is 2230 g/mol. The van der Waals surface area contributed by atoms with Crippen molar-refractivity contribution in [2.24, 2.45) is 0 Å². The van der Waals surface area contributed by atoms with Crippen molar-refractivity contribution in [1.82, 2.24) is 107 Å². The highest BCUT2D eigenvalue weighted by Crippen LogP contribution is 2.58. The van der Waals surface area contributed by atoms with E-state index in [-0.39, 0.29) is 105 Å². The van der Waals surface area contributed by atoms with E-state index in [1.807, 2.05) is 0 Å². The van der Waals surface area contributed by atoms with Crippen molar-refractivity contribution in [2.75, 3.05) is 74.5 Å². The zero-order chi connectivity index (χ0) is 105. The Balaban J connectivity index is 0.566. The molecule has 16 N–H and O–H groups in total. The number of anilines is 6. The molecule has 8 unspecified atom stereocenters. The van der Waals surface area contributed by atoms with Crippen LogP contribution in [0.2, 0.25) is 0 Å². The molecule has 798 valence electrons. The van der Waals surface area contributed by atoms with E-state index in [2.05, 4.69) is 74.8 Å². The molecule has 18 heterocycles. The van der Waals surface area contributed by atoms with Crippen molar-refractivity contribution in [3.63, 3.8) is 0 Å². The Morgan fingerprint density at radius 2 is 0.755 bits per heavy atom. The molecule has 7 fully saturated rings. The van der Waals surface area contributed by atoms with Gasteiger partial charge in [-0.05, 0) is 27.7 Å². The molecule has 0 aliphatic carbocycles. The number of imidazole rings is 4. The summed E-state index contributed by atoms with van der Waals surface area (Å²) in [6.45, 7) is -32.7. The molecule has 18 rings (SSSR count). The Bertz CT molecular complexity index is 7670. The Morgan fingerprint density at radius 3 is 1.19 bits per heavy atom. The fourth-order valence-electron chi connectivity index (χ4n) is 16.9. The number of nitrogen functional groups attached to an aromatic ring is 6. The van der Waals surface area contributed by atoms with Gasteiger partial charge in [-0.3, -0.25) is 65.9 Å². The first-order valence-electron chi connectivity index (χ1n) is 43.3. The van der Waals surface area contributed by atoms with Crippen LogP contribution < -0.4 is 97.5 Å². The number of aryl methyl sites for hydroxylation is 3. The van der Waals surface area contributed by atoms with Crippen LogP contribution in [0.1, 0.15) is 106 Å². The third-order valence-corrected chi connectivity index (χ3v) is 35.0. The maximum Gasteiger partial charge on any atom is 0.351 e. The van der Waals surface area contributed by atoms with Gasteiger partial charge in [-0.15, -0.1) is 0 Å². The number of nitrogens with two attached hydrogens (primary N) is 6. The normalized spacial score (nSPS) is 29.9. The molecule has 11 aromatic rings. The number of aromatic amines is 3. The van der Waals surface area contributed by atoms with Gasteiger partial charge < -0.3 is 178 Å². The summed E-state index contributed by atoms with van der Waals surface area (Å²) in [5.74, 6) is -0.951. The molecule has 0 radical (unpaired) electrons. The van der Waals surface area contributed by atoms with Crippen LogP contribution in [0.3, 0.4) is 0 Å². The largest absolute Gasteiger partial charge is 0.780 e. The van der Waals surface area contributed by atoms with E-state index in [4.69, 9.17) is 214 Å². The van der Waals surface area contributed by atoms with Gasteiger partial charge >= 0.3 is 17.1 Å². The van der Waals surface area contributed by atoms with Crippen LogP contribution in [-0.4, -0.2) is 244 Å². The van der Waals surface area contributed by atoms with Crippen LogP contribution in [0.25, 0.3) is 44.7 Å². The summed E-state index contributed by atoms with van der Waals surface area (Å²) in [5.41, 5.74) is 31.5. The standard InChI is InChI=1S/C70H91N28O35P7S7/c1-26-12-92(68(103)85-53(26)71)41-7-31(36(120-41)15-114-135(107,142)126-30-6-44(119-29(30)4)96-23-83-49-59(96)87-66(75)89-62(49)101)127-136(108,143)115-16-37-32(8-42(121-37)93-13-27(2)54(72)86-69(93)104)128-137(109,144)116-17-38-33(10-45(123-38)95-22-81-47-55(73)77-20-79-57(47)95)129-138(110,145)117-18-39-34(11-46(124-39)97-24-84-50-60(97)88-67(76)90-63(50)102)130-139(111,146)118-19-40-35(9-43(122-40)94-14-28(3)61(100)91-70(94)105)131-140(112,147)133-65-52(132-134(106,141)113-5)51(99)64(125-65)98-25-82-48-56(74)78-21-80-58(48)98/h12-14,20-25,29-46,51-52,64-65,99H,6-11,15-19H2,1-5H3,(H,106,141)(H,107,142)(H,108,143)(H,109,144)(H,110,145)(H,111,146)(H,112,147)(H2,71,85,103)(H2,72,86,104)(H2,73,77,79)(H2,74,78,80)(H,91,100,105)(H3,75,87,89,101)(H3,76,88,90,102)/p-7/t29-,30-,31-,32-,33-,34-,35-,36-,37-,38-,39-,40-,41-,42-,43-,44-,45-,46-,51?,52-,64-,65-,134?,135?,136?,137?,138?,139?,140?/m1/s1. The SMILES string of the molecule is COP([O-])(=S)O[C@@H]1C(O)[C@H](n2cnc3c(N)ncnc32)O[C@@H]1OP([O-])(=S)O[C@@H]1C[C@H](n2cc(C)c(=O)[nH]c2=O)O[C@@H]1COP([O-])(=S)O[C@@H]1C[C@H](n2cnc3c(=O)[nH]c(N)nc32)O[C@@H]1COP([O-])(=S)O[C@@H]1C[C@H](n2cnc3c(N)ncnc32)O[C@@H]1COP([O-])(=S)O[C@@H]1C[C@H](n2cc(C)c(N)nc2=O)O[C@@H]1COP(=O)([S-])O[C@@H]1C[C@H](n2cc(C)c(N)nc2=O)O[C@@H]1COP([O-])(=S)O[C@@H]1C[C@H](n2cnc3c(=O)[nH]c(N)nc32)O[C@@H]1C. The van der Waals surface area contributed by atoms with E-state index in [1.165, 1.54) is 52.6 Å². The van der Waals surface area contributed by atoms with Gasteiger partial charge in [0.25, 0.3) is 16.7 Å². The number of hydrogen-bond donors (Lipinski definition) is 10. The molecule has 147 heavy (non-hydrogen) atoms. The highest BCUT2D eigenvalue weighted by atomic mass is 32.7. The zero-order valence-corrected chi connectivity index (χ0v) is 87.9. The summed E-state index contributed by atoms with van der Waals surface area (Å²) in [7, 11) is 0.939. The lowest BCUT2D eigenvalue weighted by atomic mass is 10.2. The first-order valence-corrected chi connectivity index (χ1v) is 61.2. The quantitative estimate of drug-likeness (QED) is 0.0130. The van der Waals surface area contributed by atoms with Crippen LogP contribution in [0, 0.1) is 20.8 Å². The van der Waals surface area contributed by atoms with Gasteiger partial charge in [0.15, 0.2) is 64.6 Å². The molecule has 0 amide bonds. The van der Waals surface area contributed by atoms with Crippen molar-refractivity contribution in [3.8, 4) is 0 Å². The molecule has 0 saturated carbocycles. The van der Waals surface area contributed by atoms with E-state index in [0.717, 1.165) is 56.9 Å². The fraction of sp³-hybridized carbons (Fsp3) is 0.543. The highest BCUT2D eigenvalue weighted by Gasteiger charge is 2.52. The maximum absolute atomic E-state index is 15.1. The van der Waals surface area contributed by atoms with Gasteiger partial charge in [-0.1, -0.05) is 70.8 Å². The number of aliphatic hydroxyl groups is 1.